The molecule has 0 unspecified atom stereocenters. The average Bonchev–Trinajstić information content (AvgIpc) is 0.722. The molecule has 0 heterocycles. The normalized spacial score (nSPS) is 8.57. The van der Waals surface area contributed by atoms with Crippen molar-refractivity contribution in [2.75, 3.05) is 0 Å². The molecule has 0 saturated carbocycles. The summed E-state index contributed by atoms with van der Waals surface area (Å²) in [6, 6.07) is 0. The van der Waals surface area contributed by atoms with Crippen LogP contribution in [0.3, 0.4) is 0 Å². The molecule has 0 aromatic rings. The molecule has 0 aliphatic carbocycles. The van der Waals surface area contributed by atoms with E-state index in [1.807, 2.05) is 0 Å². The van der Waals surface area contributed by atoms with E-state index in [4.69, 9.17) is 14.8 Å². The van der Waals surface area contributed by atoms with Gasteiger partial charge in [-0.25, -0.2) is 0 Å². The summed E-state index contributed by atoms with van der Waals surface area (Å²) in [6.07, 6.45) is 0. The van der Waals surface area contributed by atoms with Gasteiger partial charge in [0, 0.05) is 0 Å². The van der Waals surface area contributed by atoms with Crippen molar-refractivity contribution in [2.24, 2.45) is 0 Å². The molecule has 0 amide bonds. The van der Waals surface area contributed by atoms with E-state index in [-0.39, 0.29) is 83.2 Å². The first kappa shape index (κ1) is 16.7. The van der Waals surface area contributed by atoms with Crippen LogP contribution >= 0.6 is 0 Å². The SMILES string of the molecule is [Ca+2].[O-][Ti]([O-])([O-])[O-].[Sr+2]. The minimum atomic E-state index is -6.00. The fourth-order valence-electron chi connectivity index (χ4n) is 0. The van der Waals surface area contributed by atoms with Crippen molar-refractivity contribution in [1.29, 1.82) is 0 Å². The van der Waals surface area contributed by atoms with Crippen LogP contribution in [0.4, 0.5) is 0 Å². The van der Waals surface area contributed by atoms with Gasteiger partial charge in [0.25, 0.3) is 0 Å². The monoisotopic (exact) mass is 240 g/mol. The summed E-state index contributed by atoms with van der Waals surface area (Å²) in [7, 11) is 0. The Morgan fingerprint density at radius 1 is 0.857 bits per heavy atom. The van der Waals surface area contributed by atoms with Gasteiger partial charge in [-0.2, -0.15) is 0 Å². The zero-order valence-electron chi connectivity index (χ0n) is 3.55. The van der Waals surface area contributed by atoms with Crippen molar-refractivity contribution in [1.82, 2.24) is 0 Å². The quantitative estimate of drug-likeness (QED) is 0.394. The third-order valence-electron chi connectivity index (χ3n) is 0. The van der Waals surface area contributed by atoms with Crippen LogP contribution in [-0.4, -0.2) is 83.2 Å². The van der Waals surface area contributed by atoms with Gasteiger partial charge in [0.2, 0.25) is 0 Å². The first-order chi connectivity index (χ1) is 2.00. The van der Waals surface area contributed by atoms with Crippen LogP contribution < -0.4 is 14.8 Å². The van der Waals surface area contributed by atoms with Crippen molar-refractivity contribution >= 4 is 83.2 Å². The Morgan fingerprint density at radius 2 is 0.857 bits per heavy atom. The molecule has 0 aromatic carbocycles. The minimum absolute atomic E-state index is 0. The van der Waals surface area contributed by atoms with Gasteiger partial charge < -0.3 is 0 Å². The molecule has 0 aliphatic rings. The van der Waals surface area contributed by atoms with E-state index in [0.717, 1.165) is 0 Å². The fourth-order valence-corrected chi connectivity index (χ4v) is 0. The predicted octanol–water partition coefficient (Wildman–Crippen LogP) is -5.52. The van der Waals surface area contributed by atoms with E-state index < -0.39 is 18.1 Å². The third-order valence-corrected chi connectivity index (χ3v) is 0. The van der Waals surface area contributed by atoms with Gasteiger partial charge in [0.05, 0.1) is 0 Å². The third kappa shape index (κ3) is 45.6. The first-order valence-electron chi connectivity index (χ1n) is 0.816. The zero-order chi connectivity index (χ0) is 4.50. The van der Waals surface area contributed by atoms with Gasteiger partial charge in [-0.15, -0.1) is 0 Å². The molecule has 0 radical (unpaired) electrons. The van der Waals surface area contributed by atoms with Gasteiger partial charge in [-0.3, -0.25) is 0 Å². The van der Waals surface area contributed by atoms with E-state index >= 15 is 0 Å². The molecule has 0 fully saturated rings. The van der Waals surface area contributed by atoms with Crippen molar-refractivity contribution in [3.8, 4) is 0 Å². The number of hydrogen-bond acceptors (Lipinski definition) is 4. The summed E-state index contributed by atoms with van der Waals surface area (Å²) in [6.45, 7) is 0. The molecule has 32 valence electrons. The van der Waals surface area contributed by atoms with Crippen LogP contribution in [0, 0.1) is 0 Å². The van der Waals surface area contributed by atoms with Crippen LogP contribution in [0.5, 0.6) is 0 Å². The molecule has 0 saturated heterocycles. The zero-order valence-corrected chi connectivity index (χ0v) is 10.8. The van der Waals surface area contributed by atoms with Crippen molar-refractivity contribution in [3.05, 3.63) is 0 Å². The molecule has 0 spiro atoms. The molecule has 0 N–H and O–H groups in total. The Bertz CT molecular complexity index is 27.2. The van der Waals surface area contributed by atoms with Crippen LogP contribution in [-0.2, 0) is 18.1 Å². The molecular weight excluding hydrogens is 240 g/mol. The Kier molecular flexibility index (Phi) is 17.7. The second kappa shape index (κ2) is 7.40. The Labute approximate surface area is 113 Å². The molecule has 7 heteroatoms. The molecule has 4 nitrogen and oxygen atoms in total. The second-order valence-corrected chi connectivity index (χ2v) is 2.06. The maximum atomic E-state index is 8.62. The minimum Gasteiger partial charge on any atom is 2.00 e. The number of rotatable bonds is 0. The number of hydrogen-bond donors (Lipinski definition) is 0. The van der Waals surface area contributed by atoms with Crippen molar-refractivity contribution in [3.63, 3.8) is 0 Å². The van der Waals surface area contributed by atoms with Gasteiger partial charge in [0.1, 0.15) is 0 Å². The Morgan fingerprint density at radius 3 is 0.857 bits per heavy atom. The summed E-state index contributed by atoms with van der Waals surface area (Å²) < 4.78 is 34.5. The predicted molar refractivity (Wildman–Crippen MR) is 11.5 cm³/mol. The van der Waals surface area contributed by atoms with E-state index in [2.05, 4.69) is 0 Å². The topological polar surface area (TPSA) is 92.2 Å². The van der Waals surface area contributed by atoms with Crippen LogP contribution in [0.1, 0.15) is 0 Å². The van der Waals surface area contributed by atoms with E-state index in [1.165, 1.54) is 0 Å². The largest absolute Gasteiger partial charge is 2.00 e. The first-order valence-corrected chi connectivity index (χ1v) is 3.37. The smallest absolute Gasteiger partial charge is 2.00 e. The average molecular weight is 240 g/mol. The maximum absolute atomic E-state index is 8.62. The molecule has 0 aliphatic heterocycles. The standard InChI is InChI=1S/Ca.4O.Sr.Ti/q+2;4*-1;+2;. The molecule has 0 bridgehead atoms. The maximum Gasteiger partial charge on any atom is 2.00 e. The van der Waals surface area contributed by atoms with E-state index in [9.17, 15) is 0 Å². The van der Waals surface area contributed by atoms with Crippen molar-refractivity contribution in [2.45, 2.75) is 0 Å². The van der Waals surface area contributed by atoms with E-state index in [0.29, 0.717) is 0 Å². The Hall–Kier alpha value is 3.29. The van der Waals surface area contributed by atoms with Gasteiger partial charge in [-0.05, 0) is 0 Å². The summed E-state index contributed by atoms with van der Waals surface area (Å²) >= 11 is -6.00. The Balaban J connectivity index is -0.0000000800. The fraction of sp³-hybridized carbons (Fsp3) is 0. The molecule has 7 heavy (non-hydrogen) atoms. The molecule has 0 rings (SSSR count). The summed E-state index contributed by atoms with van der Waals surface area (Å²) in [5, 5.41) is 0. The van der Waals surface area contributed by atoms with Crippen LogP contribution in [0.15, 0.2) is 0 Å². The van der Waals surface area contributed by atoms with E-state index in [1.54, 1.807) is 0 Å². The summed E-state index contributed by atoms with van der Waals surface area (Å²) in [5.74, 6) is 0. The van der Waals surface area contributed by atoms with Gasteiger partial charge >= 0.3 is 116 Å². The molecule has 0 aromatic heterocycles. The molecular formula is CaO4SrTi. The van der Waals surface area contributed by atoms with Crippen LogP contribution in [0.2, 0.25) is 0 Å². The molecule has 0 atom stereocenters. The second-order valence-electron chi connectivity index (χ2n) is 0.500. The summed E-state index contributed by atoms with van der Waals surface area (Å²) in [5.41, 5.74) is 0. The van der Waals surface area contributed by atoms with Gasteiger partial charge in [-0.1, -0.05) is 0 Å². The van der Waals surface area contributed by atoms with Crippen molar-refractivity contribution < 1.29 is 32.9 Å². The van der Waals surface area contributed by atoms with Crippen LogP contribution in [0.25, 0.3) is 0 Å². The summed E-state index contributed by atoms with van der Waals surface area (Å²) in [4.78, 5) is 0. The van der Waals surface area contributed by atoms with Gasteiger partial charge in [0.15, 0.2) is 0 Å².